The summed E-state index contributed by atoms with van der Waals surface area (Å²) in [5.41, 5.74) is 6.24. The molecule has 8 aromatic rings. The van der Waals surface area contributed by atoms with E-state index in [0.717, 1.165) is 56.5 Å². The van der Waals surface area contributed by atoms with Crippen molar-refractivity contribution >= 4 is 18.2 Å². The van der Waals surface area contributed by atoms with Crippen LogP contribution in [0, 0.1) is 13.8 Å². The first-order valence-electron chi connectivity index (χ1n) is 24.2. The molecule has 0 aliphatic carbocycles. The number of rotatable bonds is 20. The Bertz CT molecular complexity index is 3020. The Morgan fingerprint density at radius 1 is 0.595 bits per heavy atom. The monoisotopic (exact) mass is 1000 g/mol. The molecule has 0 aliphatic heterocycles. The van der Waals surface area contributed by atoms with Crippen molar-refractivity contribution in [2.45, 2.75) is 72.2 Å². The number of aromatic nitrogens is 2. The number of alkyl carbamates (subject to hydrolysis) is 1. The molecule has 0 aliphatic rings. The molecule has 15 nitrogen and oxygen atoms in total. The Hall–Kier alpha value is -8.85. The Kier molecular flexibility index (Phi) is 18.6. The minimum absolute atomic E-state index is 0.188. The van der Waals surface area contributed by atoms with Gasteiger partial charge in [-0.3, -0.25) is 4.90 Å². The predicted octanol–water partition coefficient (Wildman–Crippen LogP) is 12.6. The molecule has 2 aromatic heterocycles. The second-order valence-electron chi connectivity index (χ2n) is 17.2. The third kappa shape index (κ3) is 14.9. The number of aryl methyl sites for hydroxylation is 2. The normalized spacial score (nSPS) is 12.0. The highest BCUT2D eigenvalue weighted by atomic mass is 16.6. The zero-order valence-corrected chi connectivity index (χ0v) is 42.2. The molecule has 0 saturated heterocycles. The Labute approximate surface area is 430 Å². The van der Waals surface area contributed by atoms with Gasteiger partial charge in [-0.05, 0) is 124 Å². The van der Waals surface area contributed by atoms with Gasteiger partial charge in [0.25, 0.3) is 0 Å². The third-order valence-corrected chi connectivity index (χ3v) is 12.0. The van der Waals surface area contributed by atoms with E-state index in [1.807, 2.05) is 136 Å². The van der Waals surface area contributed by atoms with E-state index < -0.39 is 30.2 Å². The average Bonchev–Trinajstić information content (AvgIpc) is 4.00. The number of carbonyl (C=O) groups is 3. The fourth-order valence-corrected chi connectivity index (χ4v) is 7.71. The number of ether oxygens (including phenoxy) is 5. The number of aliphatic carboxylic acids is 1. The number of carbonyl (C=O) groups excluding carboxylic acids is 2. The zero-order valence-electron chi connectivity index (χ0n) is 42.2. The summed E-state index contributed by atoms with van der Waals surface area (Å²) in [4.78, 5) is 47.4. The van der Waals surface area contributed by atoms with E-state index in [0.29, 0.717) is 49.3 Å². The Morgan fingerprint density at radius 2 is 1.04 bits per heavy atom. The van der Waals surface area contributed by atoms with Gasteiger partial charge in [0.2, 0.25) is 11.8 Å². The standard InChI is InChI=1S/C31H32N2O7.C28H28N2O4/c1-20(33(21(2)30(34)35)31(36)40-27-16-14-25(37-4)15-17-27)23-10-12-26(13-11-23)38-19-18-28-22(3)39-29(32-28)24-8-6-5-7-9-24;1-20(29-28(31)33-19-22-9-5-3-6-10-22)23-13-15-25(16-14-23)32-18-17-26-21(2)34-27(30-26)24-11-7-4-8-12-24/h5-17,20-21H,18-19H2,1-4H3,(H,34,35);3-16,20H,17-19H2,1-2H3,(H,29,31)/t20-,21+;20-/m11/s1. The molecule has 3 atom stereocenters. The van der Waals surface area contributed by atoms with Gasteiger partial charge in [-0.2, -0.15) is 0 Å². The van der Waals surface area contributed by atoms with Crippen molar-refractivity contribution in [2.75, 3.05) is 20.3 Å². The fourth-order valence-electron chi connectivity index (χ4n) is 7.71. The second kappa shape index (κ2) is 26.0. The summed E-state index contributed by atoms with van der Waals surface area (Å²) in [7, 11) is 1.54. The predicted molar refractivity (Wildman–Crippen MR) is 279 cm³/mol. The molecule has 0 bridgehead atoms. The smallest absolute Gasteiger partial charge is 0.416 e. The van der Waals surface area contributed by atoms with Gasteiger partial charge < -0.3 is 42.9 Å². The van der Waals surface area contributed by atoms with E-state index in [4.69, 9.17) is 32.5 Å². The number of amides is 2. The van der Waals surface area contributed by atoms with Crippen molar-refractivity contribution < 1.29 is 52.0 Å². The van der Waals surface area contributed by atoms with Crippen LogP contribution in [-0.4, -0.2) is 64.5 Å². The van der Waals surface area contributed by atoms with Gasteiger partial charge in [0.1, 0.15) is 47.2 Å². The summed E-state index contributed by atoms with van der Waals surface area (Å²) >= 11 is 0. The average molecular weight is 1000 g/mol. The number of nitrogens with zero attached hydrogens (tertiary/aromatic N) is 3. The minimum Gasteiger partial charge on any atom is -0.497 e. The molecular formula is C59H60N4O11. The molecule has 8 rings (SSSR count). The van der Waals surface area contributed by atoms with E-state index >= 15 is 0 Å². The maximum absolute atomic E-state index is 13.1. The van der Waals surface area contributed by atoms with Crippen molar-refractivity contribution in [1.29, 1.82) is 0 Å². The quantitative estimate of drug-likeness (QED) is 0.0735. The van der Waals surface area contributed by atoms with Crippen molar-refractivity contribution in [1.82, 2.24) is 20.2 Å². The van der Waals surface area contributed by atoms with Crippen molar-refractivity contribution in [3.63, 3.8) is 0 Å². The third-order valence-electron chi connectivity index (χ3n) is 12.0. The first-order valence-corrected chi connectivity index (χ1v) is 24.2. The number of methoxy groups -OCH3 is 1. The number of carboxylic acid groups (broad SMARTS) is 1. The lowest BCUT2D eigenvalue weighted by atomic mass is 10.1. The summed E-state index contributed by atoms with van der Waals surface area (Å²) in [6.07, 6.45) is -0.00315. The van der Waals surface area contributed by atoms with Crippen LogP contribution in [0.25, 0.3) is 22.9 Å². The second-order valence-corrected chi connectivity index (χ2v) is 17.2. The van der Waals surface area contributed by atoms with Crippen LogP contribution >= 0.6 is 0 Å². The van der Waals surface area contributed by atoms with Crippen LogP contribution in [0.4, 0.5) is 9.59 Å². The lowest BCUT2D eigenvalue weighted by Crippen LogP contribution is -2.46. The largest absolute Gasteiger partial charge is 0.497 e. The van der Waals surface area contributed by atoms with Gasteiger partial charge in [-0.1, -0.05) is 91.0 Å². The van der Waals surface area contributed by atoms with Crippen LogP contribution in [0.15, 0.2) is 173 Å². The van der Waals surface area contributed by atoms with Gasteiger partial charge in [0.15, 0.2) is 0 Å². The number of nitrogens with one attached hydrogen (secondary N) is 1. The van der Waals surface area contributed by atoms with E-state index in [2.05, 4.69) is 15.3 Å². The van der Waals surface area contributed by atoms with Crippen LogP contribution in [0.2, 0.25) is 0 Å². The summed E-state index contributed by atoms with van der Waals surface area (Å²) in [5, 5.41) is 12.5. The minimum atomic E-state index is -1.14. The highest BCUT2D eigenvalue weighted by Crippen LogP contribution is 2.29. The lowest BCUT2D eigenvalue weighted by Gasteiger charge is -2.31. The molecule has 382 valence electrons. The summed E-state index contributed by atoms with van der Waals surface area (Å²) in [6.45, 7) is 10.0. The molecule has 0 saturated carbocycles. The molecule has 0 radical (unpaired) electrons. The Morgan fingerprint density at radius 3 is 1.51 bits per heavy atom. The fraction of sp³-hybridized carbons (Fsp3) is 0.237. The van der Waals surface area contributed by atoms with E-state index in [-0.39, 0.29) is 18.4 Å². The van der Waals surface area contributed by atoms with Gasteiger partial charge in [0, 0.05) is 24.0 Å². The van der Waals surface area contributed by atoms with E-state index in [1.54, 1.807) is 55.5 Å². The molecule has 0 fully saturated rings. The van der Waals surface area contributed by atoms with Crippen LogP contribution in [0.1, 0.15) is 72.5 Å². The zero-order chi connectivity index (χ0) is 52.4. The Balaban J connectivity index is 0.000000219. The van der Waals surface area contributed by atoms with Crippen LogP contribution in [0.3, 0.4) is 0 Å². The van der Waals surface area contributed by atoms with Crippen LogP contribution in [-0.2, 0) is 29.0 Å². The summed E-state index contributed by atoms with van der Waals surface area (Å²) in [5.74, 6) is 3.90. The molecule has 2 amide bonds. The van der Waals surface area contributed by atoms with Crippen LogP contribution in [0.5, 0.6) is 23.0 Å². The summed E-state index contributed by atoms with van der Waals surface area (Å²) < 4.78 is 39.3. The highest BCUT2D eigenvalue weighted by molar-refractivity contribution is 5.81. The molecule has 15 heteroatoms. The topological polar surface area (TPSA) is 185 Å². The van der Waals surface area contributed by atoms with Gasteiger partial charge in [-0.15, -0.1) is 0 Å². The van der Waals surface area contributed by atoms with E-state index in [1.165, 1.54) is 18.9 Å². The number of carboxylic acids is 1. The lowest BCUT2D eigenvalue weighted by molar-refractivity contribution is -0.142. The number of benzene rings is 6. The molecule has 2 heterocycles. The molecular weight excluding hydrogens is 941 g/mol. The van der Waals surface area contributed by atoms with Crippen molar-refractivity contribution in [2.24, 2.45) is 0 Å². The number of hydrogen-bond acceptors (Lipinski definition) is 12. The van der Waals surface area contributed by atoms with Crippen molar-refractivity contribution in [3.8, 4) is 45.9 Å². The summed E-state index contributed by atoms with van der Waals surface area (Å²) in [6, 6.07) is 48.6. The number of hydrogen-bond donors (Lipinski definition) is 2. The maximum atomic E-state index is 13.1. The van der Waals surface area contributed by atoms with Crippen LogP contribution < -0.4 is 24.3 Å². The highest BCUT2D eigenvalue weighted by Gasteiger charge is 2.32. The number of oxazole rings is 2. The van der Waals surface area contributed by atoms with Gasteiger partial charge in [-0.25, -0.2) is 24.4 Å². The van der Waals surface area contributed by atoms with Crippen molar-refractivity contribution in [3.05, 3.63) is 203 Å². The molecule has 74 heavy (non-hydrogen) atoms. The van der Waals surface area contributed by atoms with Gasteiger partial charge in [0.05, 0.1) is 43.8 Å². The molecule has 0 unspecified atom stereocenters. The first kappa shape index (κ1) is 53.0. The maximum Gasteiger partial charge on any atom is 0.416 e. The first-order chi connectivity index (χ1) is 35.8. The molecule has 0 spiro atoms. The molecule has 2 N–H and O–H groups in total. The van der Waals surface area contributed by atoms with Gasteiger partial charge >= 0.3 is 18.2 Å². The SMILES string of the molecule is COc1ccc(OC(=O)N([C@H](C)c2ccc(OCCc3nc(-c4ccccc4)oc3C)cc2)[C@@H](C)C(=O)O)cc1.Cc1oc(-c2ccccc2)nc1CCOc1ccc([C@@H](C)NC(=O)OCc2ccccc2)cc1. The van der Waals surface area contributed by atoms with E-state index in [9.17, 15) is 19.5 Å². The molecule has 6 aromatic carbocycles.